The lowest BCUT2D eigenvalue weighted by atomic mass is 9.97. The van der Waals surface area contributed by atoms with Gasteiger partial charge in [0.1, 0.15) is 6.04 Å². The molecule has 2 aromatic carbocycles. The quantitative estimate of drug-likeness (QED) is 0.0547. The number of nitrogens with zero attached hydrogens (tertiary/aromatic N) is 7. The molecule has 1 unspecified atom stereocenters. The van der Waals surface area contributed by atoms with Gasteiger partial charge in [0.25, 0.3) is 5.91 Å². The second-order valence-electron chi connectivity index (χ2n) is 16.9. The summed E-state index contributed by atoms with van der Waals surface area (Å²) in [6.45, 7) is 4.99. The average Bonchev–Trinajstić information content (AvgIpc) is 4.09. The van der Waals surface area contributed by atoms with Crippen molar-refractivity contribution < 1.29 is 47.3 Å². The number of imidazole rings is 1. The van der Waals surface area contributed by atoms with Crippen molar-refractivity contribution in [3.05, 3.63) is 87.8 Å². The van der Waals surface area contributed by atoms with E-state index in [2.05, 4.69) is 38.9 Å². The summed E-state index contributed by atoms with van der Waals surface area (Å²) in [6, 6.07) is 10.5. The van der Waals surface area contributed by atoms with E-state index >= 15 is 0 Å². The molecule has 1 atom stereocenters. The summed E-state index contributed by atoms with van der Waals surface area (Å²) in [7, 11) is 4.98. The molecule has 2 N–H and O–H groups in total. The number of rotatable bonds is 23. The van der Waals surface area contributed by atoms with Crippen LogP contribution in [0.4, 0.5) is 0 Å². The van der Waals surface area contributed by atoms with Crippen LogP contribution in [0.1, 0.15) is 71.8 Å². The predicted octanol–water partition coefficient (Wildman–Crippen LogP) is 2.62. The monoisotopic (exact) mass is 949 g/mol. The Morgan fingerprint density at radius 2 is 1.68 bits per heavy atom. The van der Waals surface area contributed by atoms with Gasteiger partial charge in [-0.05, 0) is 66.3 Å². The molecule has 69 heavy (non-hydrogen) atoms. The molecule has 0 saturated carbocycles. The minimum atomic E-state index is -0.721. The summed E-state index contributed by atoms with van der Waals surface area (Å²) < 4.78 is 33.1. The third-order valence-electron chi connectivity index (χ3n) is 11.7. The molecule has 3 aromatic heterocycles. The van der Waals surface area contributed by atoms with Gasteiger partial charge in [-0.1, -0.05) is 29.2 Å². The molecule has 1 saturated heterocycles. The molecule has 1 fully saturated rings. The van der Waals surface area contributed by atoms with Crippen LogP contribution in [-0.2, 0) is 58.1 Å². The standard InChI is InChI=1S/C49H59N9O11/c1-54(2)48(63)42-32-38-31-37(36-8-6-18-56(33-36)45(61)14-19-57-20-16-51-53-57)30-35(46(38)69-42)7-4-5-9-43(59)50-17-22-66-24-26-68-28-27-67-25-23-65-21-15-34-10-11-39-41(29-34)55(3)49(64)58(39)40-12-13-44(60)52-47(40)62/h8,10-11,16,20,29-32,40H,5-6,9,12-15,17-19,21-28,33H2,1-3H3,(H,50,59)(H,52,60,62). The van der Waals surface area contributed by atoms with Crippen LogP contribution in [0, 0.1) is 11.8 Å². The van der Waals surface area contributed by atoms with Gasteiger partial charge in [0.05, 0.1) is 82.2 Å². The summed E-state index contributed by atoms with van der Waals surface area (Å²) in [6.07, 6.45) is 8.04. The minimum Gasteiger partial charge on any atom is -0.450 e. The Labute approximate surface area is 398 Å². The number of carbonyl (C=O) groups is 5. The van der Waals surface area contributed by atoms with Crippen LogP contribution in [0.15, 0.2) is 64.1 Å². The maximum absolute atomic E-state index is 13.1. The smallest absolute Gasteiger partial charge is 0.329 e. The first-order chi connectivity index (χ1) is 33.5. The van der Waals surface area contributed by atoms with Crippen LogP contribution in [0.2, 0.25) is 0 Å². The number of amides is 5. The van der Waals surface area contributed by atoms with E-state index in [-0.39, 0.29) is 54.3 Å². The highest BCUT2D eigenvalue weighted by Crippen LogP contribution is 2.31. The van der Waals surface area contributed by atoms with Crippen LogP contribution in [0.25, 0.3) is 27.6 Å². The second kappa shape index (κ2) is 24.4. The Kier molecular flexibility index (Phi) is 17.7. The Morgan fingerprint density at radius 1 is 0.928 bits per heavy atom. The van der Waals surface area contributed by atoms with Gasteiger partial charge >= 0.3 is 5.69 Å². The second-order valence-corrected chi connectivity index (χ2v) is 16.9. The van der Waals surface area contributed by atoms with E-state index in [4.69, 9.17) is 23.4 Å². The Morgan fingerprint density at radius 3 is 2.41 bits per heavy atom. The van der Waals surface area contributed by atoms with E-state index in [0.29, 0.717) is 127 Å². The summed E-state index contributed by atoms with van der Waals surface area (Å²) in [5, 5.41) is 13.6. The number of piperidine rings is 1. The third kappa shape index (κ3) is 13.4. The summed E-state index contributed by atoms with van der Waals surface area (Å²) in [4.78, 5) is 78.8. The highest BCUT2D eigenvalue weighted by atomic mass is 16.6. The molecular formula is C49H59N9O11. The molecule has 5 amide bonds. The summed E-state index contributed by atoms with van der Waals surface area (Å²) in [5.74, 6) is 5.27. The van der Waals surface area contributed by atoms with Crippen LogP contribution >= 0.6 is 0 Å². The van der Waals surface area contributed by atoms with Crippen molar-refractivity contribution >= 4 is 57.1 Å². The normalized spacial score (nSPS) is 15.0. The fourth-order valence-electron chi connectivity index (χ4n) is 8.07. The predicted molar refractivity (Wildman–Crippen MR) is 253 cm³/mol. The van der Waals surface area contributed by atoms with E-state index in [1.165, 1.54) is 14.0 Å². The number of benzene rings is 2. The molecule has 7 rings (SSSR count). The van der Waals surface area contributed by atoms with E-state index in [1.807, 2.05) is 35.2 Å². The first-order valence-corrected chi connectivity index (χ1v) is 23.2. The molecule has 2 aliphatic heterocycles. The van der Waals surface area contributed by atoms with E-state index in [0.717, 1.165) is 22.1 Å². The van der Waals surface area contributed by atoms with Gasteiger partial charge in [-0.25, -0.2) is 4.79 Å². The van der Waals surface area contributed by atoms with Crippen LogP contribution in [0.5, 0.6) is 0 Å². The fraction of sp³-hybridized carbons (Fsp3) is 0.469. The number of furan rings is 1. The zero-order valence-corrected chi connectivity index (χ0v) is 39.3. The van der Waals surface area contributed by atoms with Gasteiger partial charge in [-0.15, -0.1) is 5.10 Å². The van der Waals surface area contributed by atoms with Crippen LogP contribution in [-0.4, -0.2) is 150 Å². The van der Waals surface area contributed by atoms with Crippen molar-refractivity contribution in [2.45, 2.75) is 57.5 Å². The van der Waals surface area contributed by atoms with Crippen molar-refractivity contribution in [1.82, 2.24) is 44.6 Å². The number of aromatic nitrogens is 5. The average molecular weight is 950 g/mol. The van der Waals surface area contributed by atoms with Gasteiger partial charge in [0.2, 0.25) is 23.6 Å². The van der Waals surface area contributed by atoms with Crippen molar-refractivity contribution in [2.24, 2.45) is 7.05 Å². The largest absolute Gasteiger partial charge is 0.450 e. The van der Waals surface area contributed by atoms with Gasteiger partial charge in [0, 0.05) is 78.0 Å². The van der Waals surface area contributed by atoms with Crippen LogP contribution in [0.3, 0.4) is 0 Å². The van der Waals surface area contributed by atoms with Gasteiger partial charge in [-0.3, -0.25) is 43.1 Å². The number of aryl methyl sites for hydroxylation is 2. The molecule has 0 aliphatic carbocycles. The Hall–Kier alpha value is -6.92. The molecular weight excluding hydrogens is 891 g/mol. The molecule has 5 heterocycles. The van der Waals surface area contributed by atoms with Crippen molar-refractivity contribution in [1.29, 1.82) is 0 Å². The lowest BCUT2D eigenvalue weighted by molar-refractivity contribution is -0.136. The third-order valence-corrected chi connectivity index (χ3v) is 11.7. The topological polar surface area (TPSA) is 224 Å². The minimum absolute atomic E-state index is 0.0261. The van der Waals surface area contributed by atoms with Gasteiger partial charge < -0.3 is 38.5 Å². The Balaban J connectivity index is 0.747. The lowest BCUT2D eigenvalue weighted by Gasteiger charge is -2.28. The molecule has 366 valence electrons. The molecule has 0 bridgehead atoms. The molecule has 0 spiro atoms. The first-order valence-electron chi connectivity index (χ1n) is 23.2. The number of nitrogens with one attached hydrogen (secondary N) is 2. The molecule has 5 aromatic rings. The van der Waals surface area contributed by atoms with Crippen molar-refractivity contribution in [3.8, 4) is 11.8 Å². The van der Waals surface area contributed by atoms with Gasteiger partial charge in [0.15, 0.2) is 11.3 Å². The lowest BCUT2D eigenvalue weighted by Crippen LogP contribution is -2.44. The first kappa shape index (κ1) is 50.0. The van der Waals surface area contributed by atoms with Crippen molar-refractivity contribution in [3.63, 3.8) is 0 Å². The number of hydrogen-bond donors (Lipinski definition) is 2. The maximum Gasteiger partial charge on any atom is 0.329 e. The SMILES string of the molecule is CN(C)C(=O)c1cc2cc(C3=CCCN(C(=O)CCn4ccnn4)C3)cc(C#CCCC(=O)NCCOCCOCCOCCOCCc3ccc4c(c3)n(C)c(=O)n4C3CCC(=O)NC3=O)c2o1. The highest BCUT2D eigenvalue weighted by Gasteiger charge is 2.31. The van der Waals surface area contributed by atoms with E-state index in [9.17, 15) is 28.8 Å². The fourth-order valence-corrected chi connectivity index (χ4v) is 8.07. The summed E-state index contributed by atoms with van der Waals surface area (Å²) >= 11 is 0. The molecule has 20 nitrogen and oxygen atoms in total. The number of imide groups is 1. The van der Waals surface area contributed by atoms with E-state index < -0.39 is 11.9 Å². The summed E-state index contributed by atoms with van der Waals surface area (Å²) in [5.41, 5.74) is 4.96. The number of ether oxygens (including phenoxy) is 4. The van der Waals surface area contributed by atoms with Crippen LogP contribution < -0.4 is 16.3 Å². The molecule has 0 radical (unpaired) electrons. The highest BCUT2D eigenvalue weighted by molar-refractivity contribution is 6.00. The number of fused-ring (bicyclic) bond motifs is 2. The van der Waals surface area contributed by atoms with E-state index in [1.54, 1.807) is 44.3 Å². The van der Waals surface area contributed by atoms with Gasteiger partial charge in [-0.2, -0.15) is 0 Å². The zero-order valence-electron chi connectivity index (χ0n) is 39.3. The number of carbonyl (C=O) groups excluding carboxylic acids is 5. The molecule has 20 heteroatoms. The number of hydrogen-bond acceptors (Lipinski definition) is 13. The molecule has 2 aliphatic rings. The van der Waals surface area contributed by atoms with Crippen molar-refractivity contribution in [2.75, 3.05) is 86.6 Å². The zero-order chi connectivity index (χ0) is 48.7. The maximum atomic E-state index is 13.1. The Bertz CT molecular complexity index is 2780.